The zero-order chi connectivity index (χ0) is 15.9. The minimum atomic E-state index is -0.603. The summed E-state index contributed by atoms with van der Waals surface area (Å²) in [7, 11) is 1.46. The van der Waals surface area contributed by atoms with E-state index < -0.39 is 18.5 Å². The van der Waals surface area contributed by atoms with Gasteiger partial charge in [0.05, 0.1) is 13.0 Å². The topological polar surface area (TPSA) is 111 Å². The summed E-state index contributed by atoms with van der Waals surface area (Å²) < 4.78 is 9.90. The van der Waals surface area contributed by atoms with E-state index in [1.807, 2.05) is 0 Å². The molecule has 8 heteroatoms. The Morgan fingerprint density at radius 3 is 2.77 bits per heavy atom. The number of fused-ring (bicyclic) bond motifs is 1. The van der Waals surface area contributed by atoms with Crippen molar-refractivity contribution in [1.82, 2.24) is 15.8 Å². The van der Waals surface area contributed by atoms with Gasteiger partial charge in [0, 0.05) is 12.4 Å². The zero-order valence-corrected chi connectivity index (χ0v) is 11.9. The van der Waals surface area contributed by atoms with E-state index in [9.17, 15) is 14.4 Å². The fourth-order valence-corrected chi connectivity index (χ4v) is 1.72. The smallest absolute Gasteiger partial charge is 0.312 e. The quantitative estimate of drug-likeness (QED) is 0.714. The first-order chi connectivity index (χ1) is 10.6. The van der Waals surface area contributed by atoms with Crippen molar-refractivity contribution in [3.63, 3.8) is 0 Å². The summed E-state index contributed by atoms with van der Waals surface area (Å²) in [6.45, 7) is -0.619. The maximum Gasteiger partial charge on any atom is 0.312 e. The van der Waals surface area contributed by atoms with Crippen molar-refractivity contribution < 1.29 is 23.6 Å². The van der Waals surface area contributed by atoms with Crippen molar-refractivity contribution >= 4 is 28.8 Å². The largest absolute Gasteiger partial charge is 0.455 e. The Hall–Kier alpha value is -2.90. The highest BCUT2D eigenvalue weighted by Crippen LogP contribution is 2.18. The third-order valence-corrected chi connectivity index (χ3v) is 2.85. The number of nitrogens with one attached hydrogen (secondary N) is 2. The second-order valence-corrected chi connectivity index (χ2v) is 4.41. The molecular formula is C14H15N3O5. The first kappa shape index (κ1) is 15.5. The number of hydrogen-bond acceptors (Lipinski definition) is 6. The van der Waals surface area contributed by atoms with Crippen LogP contribution in [0.15, 0.2) is 28.8 Å². The van der Waals surface area contributed by atoms with Crippen LogP contribution in [0.3, 0.4) is 0 Å². The number of amides is 2. The molecule has 0 aliphatic carbocycles. The van der Waals surface area contributed by atoms with Crippen LogP contribution in [0.2, 0.25) is 0 Å². The van der Waals surface area contributed by atoms with Gasteiger partial charge in [0.2, 0.25) is 5.91 Å². The molecule has 0 saturated heterocycles. The molecule has 2 N–H and O–H groups in total. The maximum absolute atomic E-state index is 11.7. The highest BCUT2D eigenvalue weighted by molar-refractivity contribution is 5.87. The molecule has 0 fully saturated rings. The van der Waals surface area contributed by atoms with Crippen LogP contribution >= 0.6 is 0 Å². The lowest BCUT2D eigenvalue weighted by molar-refractivity contribution is -0.148. The highest BCUT2D eigenvalue weighted by Gasteiger charge is 2.14. The van der Waals surface area contributed by atoms with Gasteiger partial charge in [0.15, 0.2) is 12.2 Å². The SMILES string of the molecule is CNC(=O)CNC(=O)COC(=O)Cc1noc2ccccc12. The number of benzene rings is 1. The minimum Gasteiger partial charge on any atom is -0.455 e. The van der Waals surface area contributed by atoms with E-state index in [4.69, 9.17) is 9.26 Å². The summed E-state index contributed by atoms with van der Waals surface area (Å²) in [5.74, 6) is -1.50. The molecule has 1 heterocycles. The molecule has 2 rings (SSSR count). The molecule has 0 aliphatic rings. The Bertz CT molecular complexity index is 695. The number of nitrogens with zero attached hydrogens (tertiary/aromatic N) is 1. The molecule has 8 nitrogen and oxygen atoms in total. The lowest BCUT2D eigenvalue weighted by Gasteiger charge is -2.05. The molecule has 2 aromatic rings. The van der Waals surface area contributed by atoms with E-state index in [1.54, 1.807) is 24.3 Å². The molecule has 0 bridgehead atoms. The van der Waals surface area contributed by atoms with E-state index in [0.717, 1.165) is 5.39 Å². The monoisotopic (exact) mass is 305 g/mol. The lowest BCUT2D eigenvalue weighted by Crippen LogP contribution is -2.37. The van der Waals surface area contributed by atoms with Crippen LogP contribution in [0.1, 0.15) is 5.69 Å². The number of likely N-dealkylation sites (N-methyl/N-ethyl adjacent to an activating group) is 1. The first-order valence-electron chi connectivity index (χ1n) is 6.56. The Kier molecular flexibility index (Phi) is 5.07. The number of carbonyl (C=O) groups excluding carboxylic acids is 3. The first-order valence-corrected chi connectivity index (χ1v) is 6.56. The number of carbonyl (C=O) groups is 3. The number of rotatable bonds is 6. The predicted octanol–water partition coefficient (Wildman–Crippen LogP) is -0.224. The standard InChI is InChI=1S/C14H15N3O5/c1-15-12(18)7-16-13(19)8-21-14(20)6-10-9-4-2-3-5-11(9)22-17-10/h2-5H,6-8H2,1H3,(H,15,18)(H,16,19). The molecule has 0 spiro atoms. The van der Waals surface area contributed by atoms with Gasteiger partial charge in [0.25, 0.3) is 5.91 Å². The average molecular weight is 305 g/mol. The van der Waals surface area contributed by atoms with Crippen LogP contribution < -0.4 is 10.6 Å². The summed E-state index contributed by atoms with van der Waals surface area (Å²) >= 11 is 0. The Morgan fingerprint density at radius 2 is 2.00 bits per heavy atom. The Labute approximate surface area is 125 Å². The summed E-state index contributed by atoms with van der Waals surface area (Å²) in [6.07, 6.45) is -0.0975. The van der Waals surface area contributed by atoms with Crippen molar-refractivity contribution in [2.24, 2.45) is 0 Å². The molecule has 0 saturated carbocycles. The second kappa shape index (κ2) is 7.21. The maximum atomic E-state index is 11.7. The van der Waals surface area contributed by atoms with E-state index in [-0.39, 0.29) is 18.9 Å². The van der Waals surface area contributed by atoms with Crippen LogP contribution in [0, 0.1) is 0 Å². The van der Waals surface area contributed by atoms with E-state index in [2.05, 4.69) is 15.8 Å². The minimum absolute atomic E-state index is 0.0975. The molecule has 0 atom stereocenters. The molecule has 22 heavy (non-hydrogen) atoms. The van der Waals surface area contributed by atoms with Gasteiger partial charge in [-0.1, -0.05) is 17.3 Å². The number of aromatic nitrogens is 1. The van der Waals surface area contributed by atoms with Crippen molar-refractivity contribution in [3.05, 3.63) is 30.0 Å². The van der Waals surface area contributed by atoms with Crippen LogP contribution in [-0.4, -0.2) is 43.1 Å². The van der Waals surface area contributed by atoms with E-state index >= 15 is 0 Å². The van der Waals surface area contributed by atoms with Gasteiger partial charge in [-0.2, -0.15) is 0 Å². The zero-order valence-electron chi connectivity index (χ0n) is 11.9. The van der Waals surface area contributed by atoms with Crippen molar-refractivity contribution in [3.8, 4) is 0 Å². The summed E-state index contributed by atoms with van der Waals surface area (Å²) in [6, 6.07) is 7.13. The van der Waals surface area contributed by atoms with Gasteiger partial charge in [-0.25, -0.2) is 0 Å². The molecule has 1 aromatic carbocycles. The second-order valence-electron chi connectivity index (χ2n) is 4.41. The average Bonchev–Trinajstić information content (AvgIpc) is 2.93. The van der Waals surface area contributed by atoms with Crippen molar-refractivity contribution in [2.75, 3.05) is 20.2 Å². The number of ether oxygens (including phenoxy) is 1. The molecule has 2 amide bonds. The lowest BCUT2D eigenvalue weighted by atomic mass is 10.2. The molecule has 0 radical (unpaired) electrons. The predicted molar refractivity (Wildman–Crippen MR) is 75.7 cm³/mol. The Morgan fingerprint density at radius 1 is 1.23 bits per heavy atom. The fraction of sp³-hybridized carbons (Fsp3) is 0.286. The van der Waals surface area contributed by atoms with E-state index in [1.165, 1.54) is 7.05 Å². The number of hydrogen-bond donors (Lipinski definition) is 2. The normalized spacial score (nSPS) is 10.2. The van der Waals surface area contributed by atoms with Gasteiger partial charge in [0.1, 0.15) is 5.69 Å². The van der Waals surface area contributed by atoms with Crippen LogP contribution in [0.25, 0.3) is 11.0 Å². The third-order valence-electron chi connectivity index (χ3n) is 2.85. The van der Waals surface area contributed by atoms with Crippen LogP contribution in [0.5, 0.6) is 0 Å². The van der Waals surface area contributed by atoms with Gasteiger partial charge < -0.3 is 19.9 Å². The molecule has 116 valence electrons. The summed E-state index contributed by atoms with van der Waals surface area (Å²) in [5, 5.41) is 9.20. The van der Waals surface area contributed by atoms with Gasteiger partial charge in [-0.3, -0.25) is 14.4 Å². The van der Waals surface area contributed by atoms with Crippen molar-refractivity contribution in [1.29, 1.82) is 0 Å². The van der Waals surface area contributed by atoms with Gasteiger partial charge >= 0.3 is 5.97 Å². The molecule has 0 aliphatic heterocycles. The molecule has 0 unspecified atom stereocenters. The summed E-state index contributed by atoms with van der Waals surface area (Å²) in [5.41, 5.74) is 1.03. The highest BCUT2D eigenvalue weighted by atomic mass is 16.5. The van der Waals surface area contributed by atoms with Crippen molar-refractivity contribution in [2.45, 2.75) is 6.42 Å². The van der Waals surface area contributed by atoms with Gasteiger partial charge in [-0.05, 0) is 12.1 Å². The number of esters is 1. The Balaban J connectivity index is 1.81. The number of para-hydroxylation sites is 1. The van der Waals surface area contributed by atoms with Crippen LogP contribution in [0.4, 0.5) is 0 Å². The van der Waals surface area contributed by atoms with Gasteiger partial charge in [-0.15, -0.1) is 0 Å². The fourth-order valence-electron chi connectivity index (χ4n) is 1.72. The third kappa shape index (κ3) is 4.05. The van der Waals surface area contributed by atoms with Crippen LogP contribution in [-0.2, 0) is 25.5 Å². The van der Waals surface area contributed by atoms with E-state index in [0.29, 0.717) is 11.3 Å². The molecule has 1 aromatic heterocycles. The summed E-state index contributed by atoms with van der Waals surface area (Å²) in [4.78, 5) is 34.0. The molecular weight excluding hydrogens is 290 g/mol.